The van der Waals surface area contributed by atoms with Crippen LogP contribution in [-0.2, 0) is 0 Å². The zero-order valence-corrected chi connectivity index (χ0v) is 9.42. The molecule has 0 aliphatic heterocycles. The van der Waals surface area contributed by atoms with Crippen LogP contribution in [0.1, 0.15) is 12.7 Å². The molecule has 0 saturated carbocycles. The van der Waals surface area contributed by atoms with Crippen LogP contribution in [0, 0.1) is 12.8 Å². The van der Waals surface area contributed by atoms with E-state index in [4.69, 9.17) is 0 Å². The number of nitrogens with one attached hydrogen (secondary N) is 3. The maximum Gasteiger partial charge on any atom is 0.252 e. The van der Waals surface area contributed by atoms with Crippen molar-refractivity contribution in [1.29, 1.82) is 0 Å². The molecule has 0 aliphatic carbocycles. The van der Waals surface area contributed by atoms with Crippen LogP contribution >= 0.6 is 0 Å². The number of H-pyrrole nitrogens is 1. The number of aromatic nitrogens is 2. The standard InChI is InChI=1S/C10H18N4O/c1-7(5-11-3)6-12-9-4-10(15)14-8(2)13-9/h4,7,11H,5-6H2,1-3H3,(H2,12,13,14,15). The number of aryl methyl sites for hydroxylation is 1. The fraction of sp³-hybridized carbons (Fsp3) is 0.600. The van der Waals surface area contributed by atoms with Gasteiger partial charge >= 0.3 is 0 Å². The highest BCUT2D eigenvalue weighted by Crippen LogP contribution is 2.00. The third kappa shape index (κ3) is 4.12. The van der Waals surface area contributed by atoms with Gasteiger partial charge in [-0.25, -0.2) is 4.98 Å². The summed E-state index contributed by atoms with van der Waals surface area (Å²) in [5.74, 6) is 1.77. The van der Waals surface area contributed by atoms with Crippen LogP contribution < -0.4 is 16.2 Å². The van der Waals surface area contributed by atoms with E-state index in [1.54, 1.807) is 6.92 Å². The fourth-order valence-electron chi connectivity index (χ4n) is 1.37. The Morgan fingerprint density at radius 1 is 1.53 bits per heavy atom. The highest BCUT2D eigenvalue weighted by molar-refractivity contribution is 5.32. The van der Waals surface area contributed by atoms with Crippen molar-refractivity contribution >= 4 is 5.82 Å². The summed E-state index contributed by atoms with van der Waals surface area (Å²) in [6.45, 7) is 5.64. The maximum absolute atomic E-state index is 11.1. The third-order valence-electron chi connectivity index (χ3n) is 2.04. The Balaban J connectivity index is 2.54. The molecule has 1 atom stereocenters. The quantitative estimate of drug-likeness (QED) is 0.655. The Hall–Kier alpha value is -1.36. The summed E-state index contributed by atoms with van der Waals surface area (Å²) in [6.07, 6.45) is 0. The van der Waals surface area contributed by atoms with E-state index < -0.39 is 0 Å². The number of anilines is 1. The largest absolute Gasteiger partial charge is 0.370 e. The van der Waals surface area contributed by atoms with Crippen molar-refractivity contribution in [3.05, 3.63) is 22.2 Å². The summed E-state index contributed by atoms with van der Waals surface area (Å²) in [6, 6.07) is 1.47. The fourth-order valence-corrected chi connectivity index (χ4v) is 1.37. The first-order chi connectivity index (χ1) is 7.11. The molecule has 5 nitrogen and oxygen atoms in total. The predicted molar refractivity (Wildman–Crippen MR) is 61.2 cm³/mol. The zero-order valence-electron chi connectivity index (χ0n) is 9.42. The van der Waals surface area contributed by atoms with Crippen molar-refractivity contribution < 1.29 is 0 Å². The molecule has 1 unspecified atom stereocenters. The molecule has 5 heteroatoms. The molecule has 15 heavy (non-hydrogen) atoms. The molecule has 1 aromatic rings. The Bertz CT molecular complexity index is 361. The van der Waals surface area contributed by atoms with Gasteiger partial charge in [0.05, 0.1) is 0 Å². The van der Waals surface area contributed by atoms with Crippen molar-refractivity contribution in [1.82, 2.24) is 15.3 Å². The summed E-state index contributed by atoms with van der Waals surface area (Å²) < 4.78 is 0. The monoisotopic (exact) mass is 210 g/mol. The number of hydrogen-bond donors (Lipinski definition) is 3. The van der Waals surface area contributed by atoms with E-state index in [9.17, 15) is 4.79 Å². The average molecular weight is 210 g/mol. The lowest BCUT2D eigenvalue weighted by molar-refractivity contribution is 0.568. The first kappa shape index (κ1) is 11.7. The van der Waals surface area contributed by atoms with E-state index >= 15 is 0 Å². The topological polar surface area (TPSA) is 69.8 Å². The molecule has 0 fully saturated rings. The SMILES string of the molecule is CNCC(C)CNc1cc(=O)[nH]c(C)n1. The zero-order chi connectivity index (χ0) is 11.3. The summed E-state index contributed by atoms with van der Waals surface area (Å²) in [4.78, 5) is 17.9. The van der Waals surface area contributed by atoms with Crippen molar-refractivity contribution in [2.75, 3.05) is 25.5 Å². The molecule has 0 aliphatic rings. The Labute approximate surface area is 89.3 Å². The third-order valence-corrected chi connectivity index (χ3v) is 2.04. The smallest absolute Gasteiger partial charge is 0.252 e. The van der Waals surface area contributed by atoms with Crippen LogP contribution in [-0.4, -0.2) is 30.1 Å². The molecular weight excluding hydrogens is 192 g/mol. The van der Waals surface area contributed by atoms with Crippen LogP contribution in [0.5, 0.6) is 0 Å². The molecule has 0 radical (unpaired) electrons. The van der Waals surface area contributed by atoms with E-state index in [-0.39, 0.29) is 5.56 Å². The first-order valence-electron chi connectivity index (χ1n) is 5.08. The molecule has 1 aromatic heterocycles. The van der Waals surface area contributed by atoms with Gasteiger partial charge in [0.25, 0.3) is 5.56 Å². The van der Waals surface area contributed by atoms with E-state index in [1.807, 2.05) is 7.05 Å². The minimum absolute atomic E-state index is 0.119. The highest BCUT2D eigenvalue weighted by Gasteiger charge is 2.01. The summed E-state index contributed by atoms with van der Waals surface area (Å²) in [7, 11) is 1.92. The number of aromatic amines is 1. The number of rotatable bonds is 5. The van der Waals surface area contributed by atoms with E-state index in [2.05, 4.69) is 27.5 Å². The molecule has 0 spiro atoms. The lowest BCUT2D eigenvalue weighted by Crippen LogP contribution is -2.23. The van der Waals surface area contributed by atoms with Gasteiger partial charge in [-0.15, -0.1) is 0 Å². The lowest BCUT2D eigenvalue weighted by Gasteiger charge is -2.12. The maximum atomic E-state index is 11.1. The molecule has 0 bridgehead atoms. The van der Waals surface area contributed by atoms with Crippen molar-refractivity contribution in [2.24, 2.45) is 5.92 Å². The molecule has 1 rings (SSSR count). The van der Waals surface area contributed by atoms with Crippen LogP contribution in [0.3, 0.4) is 0 Å². The second-order valence-electron chi connectivity index (χ2n) is 3.76. The molecular formula is C10H18N4O. The van der Waals surface area contributed by atoms with Crippen LogP contribution in [0.25, 0.3) is 0 Å². The summed E-state index contributed by atoms with van der Waals surface area (Å²) in [5, 5.41) is 6.24. The second-order valence-corrected chi connectivity index (χ2v) is 3.76. The number of hydrogen-bond acceptors (Lipinski definition) is 4. The van der Waals surface area contributed by atoms with Gasteiger partial charge < -0.3 is 15.6 Å². The Morgan fingerprint density at radius 3 is 2.87 bits per heavy atom. The van der Waals surface area contributed by atoms with Gasteiger partial charge in [-0.1, -0.05) is 6.92 Å². The Kier molecular flexibility index (Phi) is 4.30. The van der Waals surface area contributed by atoms with E-state index in [1.165, 1.54) is 6.07 Å². The summed E-state index contributed by atoms with van der Waals surface area (Å²) >= 11 is 0. The van der Waals surface area contributed by atoms with Crippen molar-refractivity contribution in [2.45, 2.75) is 13.8 Å². The van der Waals surface area contributed by atoms with E-state index in [0.29, 0.717) is 17.6 Å². The first-order valence-corrected chi connectivity index (χ1v) is 5.08. The molecule has 0 aromatic carbocycles. The van der Waals surface area contributed by atoms with Gasteiger partial charge in [-0.05, 0) is 26.4 Å². The predicted octanol–water partition coefficient (Wildman–Crippen LogP) is 0.346. The molecule has 84 valence electrons. The van der Waals surface area contributed by atoms with Gasteiger partial charge in [0.15, 0.2) is 0 Å². The van der Waals surface area contributed by atoms with Gasteiger partial charge in [-0.2, -0.15) is 0 Å². The lowest BCUT2D eigenvalue weighted by atomic mass is 10.2. The molecule has 0 amide bonds. The van der Waals surface area contributed by atoms with Gasteiger partial charge in [0.2, 0.25) is 0 Å². The summed E-state index contributed by atoms with van der Waals surface area (Å²) in [5.41, 5.74) is -0.119. The van der Waals surface area contributed by atoms with Crippen molar-refractivity contribution in [3.63, 3.8) is 0 Å². The average Bonchev–Trinajstić information content (AvgIpc) is 2.14. The van der Waals surface area contributed by atoms with Crippen molar-refractivity contribution in [3.8, 4) is 0 Å². The molecule has 1 heterocycles. The molecule has 3 N–H and O–H groups in total. The second kappa shape index (κ2) is 5.50. The van der Waals surface area contributed by atoms with Crippen LogP contribution in [0.15, 0.2) is 10.9 Å². The van der Waals surface area contributed by atoms with E-state index in [0.717, 1.165) is 13.1 Å². The van der Waals surface area contributed by atoms with Gasteiger partial charge in [0, 0.05) is 12.6 Å². The van der Waals surface area contributed by atoms with Gasteiger partial charge in [-0.3, -0.25) is 4.79 Å². The molecule has 0 saturated heterocycles. The number of nitrogens with zero attached hydrogens (tertiary/aromatic N) is 1. The highest BCUT2D eigenvalue weighted by atomic mass is 16.1. The van der Waals surface area contributed by atoms with Crippen LogP contribution in [0.2, 0.25) is 0 Å². The van der Waals surface area contributed by atoms with Gasteiger partial charge in [0.1, 0.15) is 11.6 Å². The van der Waals surface area contributed by atoms with Crippen LogP contribution in [0.4, 0.5) is 5.82 Å². The minimum atomic E-state index is -0.119. The normalized spacial score (nSPS) is 12.5. The minimum Gasteiger partial charge on any atom is -0.370 e. The Morgan fingerprint density at radius 2 is 2.27 bits per heavy atom.